The molecule has 4 nitrogen and oxygen atoms in total. The molecule has 1 amide bonds. The molecule has 2 rings (SSSR count). The van der Waals surface area contributed by atoms with E-state index in [2.05, 4.69) is 0 Å². The third kappa shape index (κ3) is 3.89. The smallest absolute Gasteiger partial charge is 0.222 e. The SMILES string of the molecule is COc1cc(CCC(=O)N2CCCCC2)cc(OC)c1. The molecule has 0 aliphatic carbocycles. The number of ether oxygens (including phenoxy) is 2. The van der Waals surface area contributed by atoms with E-state index in [-0.39, 0.29) is 5.91 Å². The van der Waals surface area contributed by atoms with Gasteiger partial charge in [-0.25, -0.2) is 0 Å². The molecular weight excluding hydrogens is 254 g/mol. The molecule has 0 atom stereocenters. The lowest BCUT2D eigenvalue weighted by atomic mass is 10.1. The van der Waals surface area contributed by atoms with Crippen LogP contribution in [-0.4, -0.2) is 38.1 Å². The van der Waals surface area contributed by atoms with Crippen LogP contribution in [0.15, 0.2) is 18.2 Å². The maximum Gasteiger partial charge on any atom is 0.222 e. The first-order valence-electron chi connectivity index (χ1n) is 7.22. The molecule has 0 spiro atoms. The Bertz CT molecular complexity index is 431. The third-order valence-corrected chi connectivity index (χ3v) is 3.75. The van der Waals surface area contributed by atoms with Crippen LogP contribution in [0.4, 0.5) is 0 Å². The van der Waals surface area contributed by atoms with Gasteiger partial charge in [0, 0.05) is 25.6 Å². The van der Waals surface area contributed by atoms with E-state index in [9.17, 15) is 4.79 Å². The summed E-state index contributed by atoms with van der Waals surface area (Å²) in [4.78, 5) is 14.1. The average Bonchev–Trinajstić information content (AvgIpc) is 2.53. The van der Waals surface area contributed by atoms with Crippen molar-refractivity contribution in [2.45, 2.75) is 32.1 Å². The predicted molar refractivity (Wildman–Crippen MR) is 78.3 cm³/mol. The van der Waals surface area contributed by atoms with Gasteiger partial charge in [0.15, 0.2) is 0 Å². The zero-order chi connectivity index (χ0) is 14.4. The van der Waals surface area contributed by atoms with Gasteiger partial charge in [-0.2, -0.15) is 0 Å². The van der Waals surface area contributed by atoms with Gasteiger partial charge in [-0.15, -0.1) is 0 Å². The Kier molecular flexibility index (Phi) is 5.27. The van der Waals surface area contributed by atoms with Crippen molar-refractivity contribution >= 4 is 5.91 Å². The Morgan fingerprint density at radius 3 is 2.20 bits per heavy atom. The normalized spacial score (nSPS) is 15.0. The number of piperidine rings is 1. The number of rotatable bonds is 5. The number of carbonyl (C=O) groups excluding carboxylic acids is 1. The van der Waals surface area contributed by atoms with Crippen LogP contribution in [0.1, 0.15) is 31.2 Å². The van der Waals surface area contributed by atoms with Gasteiger partial charge in [-0.1, -0.05) is 0 Å². The highest BCUT2D eigenvalue weighted by Gasteiger charge is 2.16. The van der Waals surface area contributed by atoms with Gasteiger partial charge < -0.3 is 14.4 Å². The van der Waals surface area contributed by atoms with Crippen molar-refractivity contribution in [3.05, 3.63) is 23.8 Å². The van der Waals surface area contributed by atoms with Crippen LogP contribution in [0.25, 0.3) is 0 Å². The zero-order valence-corrected chi connectivity index (χ0v) is 12.4. The van der Waals surface area contributed by atoms with Gasteiger partial charge in [0.1, 0.15) is 11.5 Å². The van der Waals surface area contributed by atoms with E-state index in [0.717, 1.165) is 49.4 Å². The maximum atomic E-state index is 12.1. The second-order valence-corrected chi connectivity index (χ2v) is 5.16. The van der Waals surface area contributed by atoms with Crippen molar-refractivity contribution in [2.75, 3.05) is 27.3 Å². The van der Waals surface area contributed by atoms with E-state index in [0.29, 0.717) is 6.42 Å². The number of carbonyl (C=O) groups is 1. The van der Waals surface area contributed by atoms with Crippen LogP contribution in [0.2, 0.25) is 0 Å². The van der Waals surface area contributed by atoms with Crippen LogP contribution >= 0.6 is 0 Å². The van der Waals surface area contributed by atoms with Crippen LogP contribution in [0, 0.1) is 0 Å². The van der Waals surface area contributed by atoms with Crippen molar-refractivity contribution in [1.82, 2.24) is 4.90 Å². The Morgan fingerprint density at radius 1 is 1.05 bits per heavy atom. The van der Waals surface area contributed by atoms with Crippen molar-refractivity contribution in [1.29, 1.82) is 0 Å². The molecule has 1 saturated heterocycles. The molecule has 0 radical (unpaired) electrons. The topological polar surface area (TPSA) is 38.8 Å². The molecule has 0 saturated carbocycles. The van der Waals surface area contributed by atoms with Crippen LogP contribution < -0.4 is 9.47 Å². The molecule has 1 aliphatic heterocycles. The van der Waals surface area contributed by atoms with Gasteiger partial charge in [0.2, 0.25) is 5.91 Å². The lowest BCUT2D eigenvalue weighted by Crippen LogP contribution is -2.35. The lowest BCUT2D eigenvalue weighted by molar-refractivity contribution is -0.132. The van der Waals surface area contributed by atoms with E-state index in [1.54, 1.807) is 14.2 Å². The van der Waals surface area contributed by atoms with Gasteiger partial charge >= 0.3 is 0 Å². The molecule has 0 unspecified atom stereocenters. The van der Waals surface area contributed by atoms with E-state index >= 15 is 0 Å². The Labute approximate surface area is 120 Å². The fourth-order valence-corrected chi connectivity index (χ4v) is 2.56. The maximum absolute atomic E-state index is 12.1. The van der Waals surface area contributed by atoms with E-state index in [4.69, 9.17) is 9.47 Å². The molecule has 1 aliphatic rings. The van der Waals surface area contributed by atoms with Gasteiger partial charge in [-0.05, 0) is 43.4 Å². The molecular formula is C16H23NO3. The fraction of sp³-hybridized carbons (Fsp3) is 0.562. The molecule has 1 aromatic rings. The minimum atomic E-state index is 0.256. The number of methoxy groups -OCH3 is 2. The van der Waals surface area contributed by atoms with Crippen LogP contribution in [-0.2, 0) is 11.2 Å². The quantitative estimate of drug-likeness (QED) is 0.830. The predicted octanol–water partition coefficient (Wildman–Crippen LogP) is 2.65. The second kappa shape index (κ2) is 7.17. The summed E-state index contributed by atoms with van der Waals surface area (Å²) in [6.07, 6.45) is 4.80. The largest absolute Gasteiger partial charge is 0.497 e. The number of benzene rings is 1. The summed E-state index contributed by atoms with van der Waals surface area (Å²) in [6, 6.07) is 5.77. The number of amides is 1. The first-order valence-corrected chi connectivity index (χ1v) is 7.22. The number of nitrogens with zero attached hydrogens (tertiary/aromatic N) is 1. The van der Waals surface area contributed by atoms with Crippen molar-refractivity contribution in [2.24, 2.45) is 0 Å². The number of aryl methyl sites for hydroxylation is 1. The number of hydrogen-bond donors (Lipinski definition) is 0. The molecule has 20 heavy (non-hydrogen) atoms. The van der Waals surface area contributed by atoms with Gasteiger partial charge in [-0.3, -0.25) is 4.79 Å². The summed E-state index contributed by atoms with van der Waals surface area (Å²) in [6.45, 7) is 1.83. The summed E-state index contributed by atoms with van der Waals surface area (Å²) in [5.74, 6) is 1.79. The molecule has 0 aromatic heterocycles. The van der Waals surface area contributed by atoms with Crippen molar-refractivity contribution in [3.63, 3.8) is 0 Å². The lowest BCUT2D eigenvalue weighted by Gasteiger charge is -2.26. The number of hydrogen-bond acceptors (Lipinski definition) is 3. The monoisotopic (exact) mass is 277 g/mol. The highest BCUT2D eigenvalue weighted by molar-refractivity contribution is 5.76. The van der Waals surface area contributed by atoms with Gasteiger partial charge in [0.25, 0.3) is 0 Å². The molecule has 0 N–H and O–H groups in total. The fourth-order valence-electron chi connectivity index (χ4n) is 2.56. The molecule has 1 fully saturated rings. The highest BCUT2D eigenvalue weighted by atomic mass is 16.5. The summed E-state index contributed by atoms with van der Waals surface area (Å²) in [5, 5.41) is 0. The molecule has 1 heterocycles. The first-order chi connectivity index (χ1) is 9.72. The summed E-state index contributed by atoms with van der Waals surface area (Å²) >= 11 is 0. The Balaban J connectivity index is 1.94. The summed E-state index contributed by atoms with van der Waals surface area (Å²) in [5.41, 5.74) is 1.08. The Morgan fingerprint density at radius 2 is 1.65 bits per heavy atom. The third-order valence-electron chi connectivity index (χ3n) is 3.75. The van der Waals surface area contributed by atoms with Crippen molar-refractivity contribution in [3.8, 4) is 11.5 Å². The molecule has 1 aromatic carbocycles. The molecule has 110 valence electrons. The Hall–Kier alpha value is -1.71. The molecule has 4 heteroatoms. The van der Waals surface area contributed by atoms with E-state index in [1.165, 1.54) is 6.42 Å². The van der Waals surface area contributed by atoms with Gasteiger partial charge in [0.05, 0.1) is 14.2 Å². The van der Waals surface area contributed by atoms with E-state index in [1.807, 2.05) is 23.1 Å². The first kappa shape index (κ1) is 14.7. The minimum absolute atomic E-state index is 0.256. The summed E-state index contributed by atoms with van der Waals surface area (Å²) < 4.78 is 10.5. The minimum Gasteiger partial charge on any atom is -0.497 e. The standard InChI is InChI=1S/C16H23NO3/c1-19-14-10-13(11-15(12-14)20-2)6-7-16(18)17-8-4-3-5-9-17/h10-12H,3-9H2,1-2H3. The van der Waals surface area contributed by atoms with Crippen molar-refractivity contribution < 1.29 is 14.3 Å². The average molecular weight is 277 g/mol. The highest BCUT2D eigenvalue weighted by Crippen LogP contribution is 2.23. The summed E-state index contributed by atoms with van der Waals surface area (Å²) in [7, 11) is 3.27. The number of likely N-dealkylation sites (tertiary alicyclic amines) is 1. The molecule has 0 bridgehead atoms. The van der Waals surface area contributed by atoms with E-state index < -0.39 is 0 Å². The van der Waals surface area contributed by atoms with Crippen LogP contribution in [0.5, 0.6) is 11.5 Å². The second-order valence-electron chi connectivity index (χ2n) is 5.16. The zero-order valence-electron chi connectivity index (χ0n) is 12.4. The van der Waals surface area contributed by atoms with Crippen LogP contribution in [0.3, 0.4) is 0 Å².